The lowest BCUT2D eigenvalue weighted by atomic mass is 10.1. The first kappa shape index (κ1) is 19.4. The Kier molecular flexibility index (Phi) is 6.22. The lowest BCUT2D eigenvalue weighted by Crippen LogP contribution is -2.13. The second kappa shape index (κ2) is 8.99. The highest BCUT2D eigenvalue weighted by Gasteiger charge is 2.13. The van der Waals surface area contributed by atoms with Crippen molar-refractivity contribution in [2.75, 3.05) is 11.9 Å². The van der Waals surface area contributed by atoms with E-state index in [2.05, 4.69) is 10.3 Å². The maximum Gasteiger partial charge on any atom is 0.255 e. The minimum atomic E-state index is -0.407. The number of carbonyl (C=O) groups excluding carboxylic acids is 1. The molecule has 0 saturated carbocycles. The second-order valence-electron chi connectivity index (χ2n) is 6.16. The van der Waals surface area contributed by atoms with Crippen LogP contribution in [-0.2, 0) is 6.61 Å². The van der Waals surface area contributed by atoms with E-state index >= 15 is 0 Å². The van der Waals surface area contributed by atoms with Crippen LogP contribution >= 0.6 is 0 Å². The number of ether oxygens (including phenoxy) is 2. The third-order valence-corrected chi connectivity index (χ3v) is 4.07. The van der Waals surface area contributed by atoms with Gasteiger partial charge in [0.25, 0.3) is 5.91 Å². The monoisotopic (exact) mass is 380 g/mol. The number of hydrogen-bond donors (Lipinski definition) is 1. The number of aromatic nitrogens is 1. The largest absolute Gasteiger partial charge is 0.490 e. The molecule has 6 heteroatoms. The average molecular weight is 380 g/mol. The lowest BCUT2D eigenvalue weighted by Gasteiger charge is -2.14. The smallest absolute Gasteiger partial charge is 0.255 e. The topological polar surface area (TPSA) is 60.5 Å². The Bertz CT molecular complexity index is 961. The molecule has 5 nitrogen and oxygen atoms in total. The molecule has 0 aliphatic heterocycles. The highest BCUT2D eigenvalue weighted by molar-refractivity contribution is 6.05. The van der Waals surface area contributed by atoms with Crippen LogP contribution in [0, 0.1) is 12.7 Å². The number of hydrogen-bond acceptors (Lipinski definition) is 4. The van der Waals surface area contributed by atoms with Crippen LogP contribution in [0.5, 0.6) is 11.5 Å². The minimum absolute atomic E-state index is 0.335. The number of benzene rings is 2. The summed E-state index contributed by atoms with van der Waals surface area (Å²) in [5.74, 6) is 0.239. The van der Waals surface area contributed by atoms with E-state index in [9.17, 15) is 9.18 Å². The molecule has 0 bridgehead atoms. The maximum atomic E-state index is 13.4. The minimum Gasteiger partial charge on any atom is -0.490 e. The molecule has 0 radical (unpaired) electrons. The summed E-state index contributed by atoms with van der Waals surface area (Å²) >= 11 is 0. The van der Waals surface area contributed by atoms with Crippen molar-refractivity contribution in [3.05, 3.63) is 83.4 Å². The number of aryl methyl sites for hydroxylation is 1. The number of nitrogens with zero attached hydrogens (tertiary/aromatic N) is 1. The molecule has 28 heavy (non-hydrogen) atoms. The predicted molar refractivity (Wildman–Crippen MR) is 105 cm³/mol. The van der Waals surface area contributed by atoms with Crippen molar-refractivity contribution < 1.29 is 18.7 Å². The van der Waals surface area contributed by atoms with E-state index in [1.807, 2.05) is 19.1 Å². The fraction of sp³-hybridized carbons (Fsp3) is 0.182. The molecule has 3 aromatic rings. The average Bonchev–Trinajstić information content (AvgIpc) is 2.70. The number of halogens is 1. The van der Waals surface area contributed by atoms with Gasteiger partial charge in [-0.15, -0.1) is 0 Å². The third-order valence-electron chi connectivity index (χ3n) is 4.07. The maximum absolute atomic E-state index is 13.4. The molecule has 1 N–H and O–H groups in total. The molecule has 0 unspecified atom stereocenters. The fourth-order valence-electron chi connectivity index (χ4n) is 2.60. The van der Waals surface area contributed by atoms with E-state index in [0.717, 1.165) is 11.1 Å². The van der Waals surface area contributed by atoms with E-state index < -0.39 is 5.82 Å². The lowest BCUT2D eigenvalue weighted by molar-refractivity contribution is 0.102. The summed E-state index contributed by atoms with van der Waals surface area (Å²) in [6.45, 7) is 4.42. The number of amides is 1. The molecule has 0 aliphatic carbocycles. The van der Waals surface area contributed by atoms with Crippen LogP contribution in [0.1, 0.15) is 28.4 Å². The molecule has 0 aliphatic rings. The van der Waals surface area contributed by atoms with E-state index in [0.29, 0.717) is 36.0 Å². The molecule has 3 rings (SSSR count). The summed E-state index contributed by atoms with van der Waals surface area (Å²) in [5, 5.41) is 2.73. The summed E-state index contributed by atoms with van der Waals surface area (Å²) < 4.78 is 24.9. The number of nitrogens with one attached hydrogen (secondary N) is 1. The van der Waals surface area contributed by atoms with Gasteiger partial charge in [0.15, 0.2) is 11.5 Å². The van der Waals surface area contributed by atoms with Gasteiger partial charge in [0, 0.05) is 29.2 Å². The third kappa shape index (κ3) is 4.85. The molecule has 0 spiro atoms. The first-order valence-electron chi connectivity index (χ1n) is 8.93. The fourth-order valence-corrected chi connectivity index (χ4v) is 2.60. The summed E-state index contributed by atoms with van der Waals surface area (Å²) in [6.07, 6.45) is 3.42. The first-order valence-corrected chi connectivity index (χ1v) is 8.93. The second-order valence-corrected chi connectivity index (χ2v) is 6.16. The molecular weight excluding hydrogens is 359 g/mol. The predicted octanol–water partition coefficient (Wildman–Crippen LogP) is 4.76. The van der Waals surface area contributed by atoms with Gasteiger partial charge in [-0.05, 0) is 55.8 Å². The molecule has 0 fully saturated rings. The van der Waals surface area contributed by atoms with Crippen LogP contribution in [0.4, 0.5) is 10.1 Å². The molecule has 1 amide bonds. The molecular formula is C22H21FN2O3. The standard InChI is InChI=1S/C22H21FN2O3/c1-3-27-21-11-17(22(26)25-19-12-18(23)8-6-15(19)2)7-9-20(21)28-14-16-5-4-10-24-13-16/h4-13H,3,14H2,1-2H3,(H,25,26). The summed E-state index contributed by atoms with van der Waals surface area (Å²) in [6, 6.07) is 13.0. The van der Waals surface area contributed by atoms with Crippen LogP contribution in [0.15, 0.2) is 60.9 Å². The Hall–Kier alpha value is -3.41. The van der Waals surface area contributed by atoms with Gasteiger partial charge in [0.1, 0.15) is 12.4 Å². The van der Waals surface area contributed by atoms with Crippen molar-refractivity contribution >= 4 is 11.6 Å². The zero-order valence-corrected chi connectivity index (χ0v) is 15.7. The van der Waals surface area contributed by atoms with Crippen LogP contribution in [-0.4, -0.2) is 17.5 Å². The van der Waals surface area contributed by atoms with Gasteiger partial charge in [0.2, 0.25) is 0 Å². The highest BCUT2D eigenvalue weighted by Crippen LogP contribution is 2.30. The normalized spacial score (nSPS) is 10.4. The molecule has 144 valence electrons. The van der Waals surface area contributed by atoms with Crippen LogP contribution in [0.25, 0.3) is 0 Å². The van der Waals surface area contributed by atoms with E-state index in [4.69, 9.17) is 9.47 Å². The number of anilines is 1. The Balaban J connectivity index is 1.77. The SMILES string of the molecule is CCOc1cc(C(=O)Nc2cc(F)ccc2C)ccc1OCc1cccnc1. The highest BCUT2D eigenvalue weighted by atomic mass is 19.1. The van der Waals surface area contributed by atoms with Gasteiger partial charge in [-0.3, -0.25) is 9.78 Å². The molecule has 1 heterocycles. The molecule has 1 aromatic heterocycles. The quantitative estimate of drug-likeness (QED) is 0.642. The number of pyridine rings is 1. The van der Waals surface area contributed by atoms with Crippen LogP contribution < -0.4 is 14.8 Å². The van der Waals surface area contributed by atoms with Crippen molar-refractivity contribution in [1.29, 1.82) is 0 Å². The van der Waals surface area contributed by atoms with E-state index in [1.54, 1.807) is 43.6 Å². The van der Waals surface area contributed by atoms with Gasteiger partial charge in [-0.25, -0.2) is 4.39 Å². The Labute approximate surface area is 163 Å². The van der Waals surface area contributed by atoms with Gasteiger partial charge in [0.05, 0.1) is 6.61 Å². The first-order chi connectivity index (χ1) is 13.6. The summed E-state index contributed by atoms with van der Waals surface area (Å²) in [4.78, 5) is 16.6. The zero-order valence-electron chi connectivity index (χ0n) is 15.7. The van der Waals surface area contributed by atoms with Gasteiger partial charge < -0.3 is 14.8 Å². The Morgan fingerprint density at radius 3 is 2.71 bits per heavy atom. The van der Waals surface area contributed by atoms with Crippen molar-refractivity contribution in [3.8, 4) is 11.5 Å². The van der Waals surface area contributed by atoms with Crippen LogP contribution in [0.3, 0.4) is 0 Å². The van der Waals surface area contributed by atoms with Gasteiger partial charge >= 0.3 is 0 Å². The zero-order chi connectivity index (χ0) is 19.9. The van der Waals surface area contributed by atoms with Crippen molar-refractivity contribution in [2.45, 2.75) is 20.5 Å². The molecule has 0 saturated heterocycles. The summed E-state index contributed by atoms with van der Waals surface area (Å²) in [5.41, 5.74) is 2.52. The molecule has 2 aromatic carbocycles. The van der Waals surface area contributed by atoms with Crippen molar-refractivity contribution in [1.82, 2.24) is 4.98 Å². The Morgan fingerprint density at radius 2 is 1.96 bits per heavy atom. The van der Waals surface area contributed by atoms with Gasteiger partial charge in [-0.2, -0.15) is 0 Å². The van der Waals surface area contributed by atoms with E-state index in [-0.39, 0.29) is 5.91 Å². The van der Waals surface area contributed by atoms with Crippen molar-refractivity contribution in [2.24, 2.45) is 0 Å². The van der Waals surface area contributed by atoms with Crippen molar-refractivity contribution in [3.63, 3.8) is 0 Å². The van der Waals surface area contributed by atoms with E-state index in [1.165, 1.54) is 12.1 Å². The Morgan fingerprint density at radius 1 is 1.11 bits per heavy atom. The number of carbonyl (C=O) groups is 1. The van der Waals surface area contributed by atoms with Gasteiger partial charge in [-0.1, -0.05) is 12.1 Å². The number of rotatable bonds is 7. The summed E-state index contributed by atoms with van der Waals surface area (Å²) in [7, 11) is 0. The molecule has 0 atom stereocenters. The van der Waals surface area contributed by atoms with Crippen LogP contribution in [0.2, 0.25) is 0 Å².